The molecule has 134 valence electrons. The van der Waals surface area contributed by atoms with E-state index in [0.29, 0.717) is 6.61 Å². The number of benzene rings is 1. The van der Waals surface area contributed by atoms with Gasteiger partial charge in [0.25, 0.3) is 0 Å². The van der Waals surface area contributed by atoms with Crippen LogP contribution < -0.4 is 5.32 Å². The van der Waals surface area contributed by atoms with Crippen molar-refractivity contribution in [1.82, 2.24) is 20.1 Å². The molecule has 0 saturated carbocycles. The first-order chi connectivity index (χ1) is 12.6. The Morgan fingerprint density at radius 2 is 2.27 bits per heavy atom. The third kappa shape index (κ3) is 3.01. The lowest BCUT2D eigenvalue weighted by Crippen LogP contribution is -2.41. The van der Waals surface area contributed by atoms with Crippen molar-refractivity contribution in [3.63, 3.8) is 0 Å². The number of H-pyrrole nitrogens is 1. The zero-order chi connectivity index (χ0) is 18.1. The highest BCUT2D eigenvalue weighted by Crippen LogP contribution is 2.32. The van der Waals surface area contributed by atoms with E-state index >= 15 is 0 Å². The third-order valence-corrected chi connectivity index (χ3v) is 4.91. The van der Waals surface area contributed by atoms with E-state index in [1.54, 1.807) is 30.5 Å². The van der Waals surface area contributed by atoms with Gasteiger partial charge in [-0.05, 0) is 37.1 Å². The average Bonchev–Trinajstić information content (AvgIpc) is 3.31. The van der Waals surface area contributed by atoms with E-state index in [-0.39, 0.29) is 18.2 Å². The molecule has 4 rings (SSSR count). The molecule has 2 N–H and O–H groups in total. The molecular weight excluding hydrogens is 330 g/mol. The number of aromatic amines is 1. The molecular formula is C19H21N5O2. The summed E-state index contributed by atoms with van der Waals surface area (Å²) in [5, 5.41) is 11.0. The molecule has 2 amide bonds. The summed E-state index contributed by atoms with van der Waals surface area (Å²) < 4.78 is 5.86. The monoisotopic (exact) mass is 351 g/mol. The lowest BCUT2D eigenvalue weighted by atomic mass is 10.0. The second-order valence-electron chi connectivity index (χ2n) is 6.60. The van der Waals surface area contributed by atoms with Gasteiger partial charge in [0.1, 0.15) is 6.10 Å². The molecule has 7 heteroatoms. The van der Waals surface area contributed by atoms with Crippen molar-refractivity contribution in [3.05, 3.63) is 54.0 Å². The molecule has 0 spiro atoms. The minimum Gasteiger partial charge on any atom is -0.371 e. The first kappa shape index (κ1) is 16.5. The fourth-order valence-corrected chi connectivity index (χ4v) is 3.50. The highest BCUT2D eigenvalue weighted by atomic mass is 16.5. The van der Waals surface area contributed by atoms with Crippen molar-refractivity contribution in [3.8, 4) is 0 Å². The van der Waals surface area contributed by atoms with Gasteiger partial charge in [-0.25, -0.2) is 4.79 Å². The van der Waals surface area contributed by atoms with E-state index in [2.05, 4.69) is 20.5 Å². The molecule has 1 aromatic carbocycles. The highest BCUT2D eigenvalue weighted by molar-refractivity contribution is 5.93. The Labute approximate surface area is 151 Å². The maximum absolute atomic E-state index is 12.8. The van der Waals surface area contributed by atoms with Gasteiger partial charge in [-0.15, -0.1) is 0 Å². The van der Waals surface area contributed by atoms with Crippen molar-refractivity contribution in [2.45, 2.75) is 25.5 Å². The molecule has 1 fully saturated rings. The second kappa shape index (κ2) is 6.76. The maximum atomic E-state index is 12.8. The number of carbonyl (C=O) groups excluding carboxylic acids is 1. The zero-order valence-electron chi connectivity index (χ0n) is 14.8. The average molecular weight is 351 g/mol. The molecule has 2 aromatic heterocycles. The first-order valence-corrected chi connectivity index (χ1v) is 8.62. The van der Waals surface area contributed by atoms with E-state index in [9.17, 15) is 4.79 Å². The Morgan fingerprint density at radius 3 is 3.08 bits per heavy atom. The largest absolute Gasteiger partial charge is 0.371 e. The topological polar surface area (TPSA) is 83.1 Å². The summed E-state index contributed by atoms with van der Waals surface area (Å²) in [4.78, 5) is 18.7. The number of aryl methyl sites for hydroxylation is 1. The predicted octanol–water partition coefficient (Wildman–Crippen LogP) is 3.26. The van der Waals surface area contributed by atoms with Crippen molar-refractivity contribution in [1.29, 1.82) is 0 Å². The number of rotatable bonds is 3. The molecule has 3 aromatic rings. The second-order valence-corrected chi connectivity index (χ2v) is 6.60. The smallest absolute Gasteiger partial charge is 0.321 e. The third-order valence-electron chi connectivity index (χ3n) is 4.91. The van der Waals surface area contributed by atoms with Crippen LogP contribution in [0.5, 0.6) is 0 Å². The van der Waals surface area contributed by atoms with Crippen LogP contribution in [0.4, 0.5) is 10.5 Å². The summed E-state index contributed by atoms with van der Waals surface area (Å²) in [7, 11) is 1.81. The van der Waals surface area contributed by atoms with Crippen LogP contribution in [0.15, 0.2) is 42.9 Å². The molecule has 1 aliphatic rings. The number of hydrogen-bond donors (Lipinski definition) is 2. The molecule has 1 saturated heterocycles. The maximum Gasteiger partial charge on any atom is 0.321 e. The highest BCUT2D eigenvalue weighted by Gasteiger charge is 2.35. The molecule has 3 heterocycles. The number of nitrogens with zero attached hydrogens (tertiary/aromatic N) is 3. The van der Waals surface area contributed by atoms with Crippen LogP contribution in [0.25, 0.3) is 10.9 Å². The summed E-state index contributed by atoms with van der Waals surface area (Å²) in [5.41, 5.74) is 3.70. The summed E-state index contributed by atoms with van der Waals surface area (Å²) in [6, 6.07) is 7.52. The van der Waals surface area contributed by atoms with Gasteiger partial charge in [-0.2, -0.15) is 5.10 Å². The van der Waals surface area contributed by atoms with E-state index in [4.69, 9.17) is 4.74 Å². The van der Waals surface area contributed by atoms with E-state index in [1.165, 1.54) is 0 Å². The Bertz CT molecular complexity index is 924. The minimum atomic E-state index is -0.160. The number of anilines is 1. The molecule has 0 bridgehead atoms. The van der Waals surface area contributed by atoms with Crippen LogP contribution in [0.1, 0.15) is 23.7 Å². The van der Waals surface area contributed by atoms with Crippen LogP contribution in [0.2, 0.25) is 0 Å². The van der Waals surface area contributed by atoms with Gasteiger partial charge >= 0.3 is 6.03 Å². The van der Waals surface area contributed by atoms with Crippen molar-refractivity contribution in [2.24, 2.45) is 0 Å². The lowest BCUT2D eigenvalue weighted by molar-refractivity contribution is 0.0788. The molecule has 7 nitrogen and oxygen atoms in total. The van der Waals surface area contributed by atoms with Gasteiger partial charge < -0.3 is 15.0 Å². The van der Waals surface area contributed by atoms with Crippen LogP contribution in [-0.4, -0.2) is 45.8 Å². The Morgan fingerprint density at radius 1 is 1.38 bits per heavy atom. The SMILES string of the molecule is Cc1cc(NC(=O)N(C)[C@H]2CCO[C@@H]2c2cccnc2)cc2[nH]ncc12. The number of urea groups is 1. The van der Waals surface area contributed by atoms with Crippen LogP contribution in [0, 0.1) is 6.92 Å². The van der Waals surface area contributed by atoms with Crippen LogP contribution >= 0.6 is 0 Å². The van der Waals surface area contributed by atoms with Crippen molar-refractivity contribution >= 4 is 22.6 Å². The number of fused-ring (bicyclic) bond motifs is 1. The van der Waals surface area contributed by atoms with E-state index < -0.39 is 0 Å². The zero-order valence-corrected chi connectivity index (χ0v) is 14.8. The normalized spacial score (nSPS) is 19.6. The molecule has 0 aliphatic carbocycles. The summed E-state index contributed by atoms with van der Waals surface area (Å²) >= 11 is 0. The number of aromatic nitrogens is 3. The fourth-order valence-electron chi connectivity index (χ4n) is 3.50. The molecule has 26 heavy (non-hydrogen) atoms. The van der Waals surface area contributed by atoms with Gasteiger partial charge in [0.2, 0.25) is 0 Å². The number of nitrogens with one attached hydrogen (secondary N) is 2. The number of hydrogen-bond acceptors (Lipinski definition) is 4. The number of amides is 2. The first-order valence-electron chi connectivity index (χ1n) is 8.62. The number of pyridine rings is 1. The summed E-state index contributed by atoms with van der Waals surface area (Å²) in [5.74, 6) is 0. The van der Waals surface area contributed by atoms with Crippen molar-refractivity contribution < 1.29 is 9.53 Å². The minimum absolute atomic E-state index is 0.0313. The van der Waals surface area contributed by atoms with E-state index in [1.807, 2.05) is 31.2 Å². The summed E-state index contributed by atoms with van der Waals surface area (Å²) in [6.07, 6.45) is 5.96. The molecule has 0 radical (unpaired) electrons. The molecule has 2 atom stereocenters. The van der Waals surface area contributed by atoms with Crippen LogP contribution in [0.3, 0.4) is 0 Å². The lowest BCUT2D eigenvalue weighted by Gasteiger charge is -2.28. The summed E-state index contributed by atoms with van der Waals surface area (Å²) in [6.45, 7) is 2.63. The fraction of sp³-hybridized carbons (Fsp3) is 0.316. The Kier molecular flexibility index (Phi) is 4.30. The Hall–Kier alpha value is -2.93. The number of ether oxygens (including phenoxy) is 1. The number of carbonyl (C=O) groups is 1. The van der Waals surface area contributed by atoms with Crippen molar-refractivity contribution in [2.75, 3.05) is 19.0 Å². The van der Waals surface area contributed by atoms with Gasteiger partial charge in [0.15, 0.2) is 0 Å². The van der Waals surface area contributed by atoms with E-state index in [0.717, 1.165) is 34.1 Å². The predicted molar refractivity (Wildman–Crippen MR) is 98.9 cm³/mol. The Balaban J connectivity index is 1.51. The van der Waals surface area contributed by atoms with Gasteiger partial charge in [-0.1, -0.05) is 6.07 Å². The molecule has 0 unspecified atom stereocenters. The quantitative estimate of drug-likeness (QED) is 0.759. The van der Waals surface area contributed by atoms with Gasteiger partial charge in [0.05, 0.1) is 17.8 Å². The van der Waals surface area contributed by atoms with Gasteiger partial charge in [0, 0.05) is 42.7 Å². The number of likely N-dealkylation sites (N-methyl/N-ethyl adjacent to an activating group) is 1. The molecule has 1 aliphatic heterocycles. The standard InChI is InChI=1S/C19H21N5O2/c1-12-8-14(9-16-15(12)11-21-23-16)22-19(25)24(2)17-5-7-26-18(17)13-4-3-6-20-10-13/h3-4,6,8-11,17-18H,5,7H2,1-2H3,(H,21,23)(H,22,25)/t17-,18+/m0/s1. The van der Waals surface area contributed by atoms with Crippen LogP contribution in [-0.2, 0) is 4.74 Å². The van der Waals surface area contributed by atoms with Gasteiger partial charge in [-0.3, -0.25) is 10.1 Å².